The van der Waals surface area contributed by atoms with Crippen LogP contribution in [0.25, 0.3) is 11.1 Å². The maximum absolute atomic E-state index is 13.2. The largest absolute Gasteiger partial charge is 0.508 e. The maximum atomic E-state index is 13.2. The third kappa shape index (κ3) is 7.92. The number of hydrogen-bond acceptors (Lipinski definition) is 7. The predicted molar refractivity (Wildman–Crippen MR) is 183 cm³/mol. The van der Waals surface area contributed by atoms with Crippen molar-refractivity contribution in [3.8, 4) is 22.6 Å². The van der Waals surface area contributed by atoms with Crippen LogP contribution < -0.4 is 16.2 Å². The van der Waals surface area contributed by atoms with E-state index in [1.54, 1.807) is 30.5 Å². The van der Waals surface area contributed by atoms with Gasteiger partial charge in [-0.25, -0.2) is 4.98 Å². The molecule has 0 spiro atoms. The van der Waals surface area contributed by atoms with Crippen LogP contribution in [0.4, 0.5) is 5.82 Å². The predicted octanol–water partition coefficient (Wildman–Crippen LogP) is 5.24. The molecule has 2 saturated heterocycles. The zero-order chi connectivity index (χ0) is 32.8. The van der Waals surface area contributed by atoms with Crippen LogP contribution in [0.5, 0.6) is 11.5 Å². The Balaban J connectivity index is 1.05. The maximum Gasteiger partial charge on any atom is 0.253 e. The van der Waals surface area contributed by atoms with Crippen LogP contribution in [0.3, 0.4) is 0 Å². The number of nitrogens with two attached hydrogens (primary N) is 2. The van der Waals surface area contributed by atoms with E-state index in [0.717, 1.165) is 53.7 Å². The Hall–Kier alpha value is -4.89. The first-order valence-electron chi connectivity index (χ1n) is 16.6. The monoisotopic (exact) mass is 633 g/mol. The lowest BCUT2D eigenvalue weighted by atomic mass is 9.96. The lowest BCUT2D eigenvalue weighted by Gasteiger charge is -2.36. The second-order valence-electron chi connectivity index (χ2n) is 12.6. The molecule has 3 heterocycles. The number of aromatic nitrogens is 1. The van der Waals surface area contributed by atoms with Gasteiger partial charge in [-0.1, -0.05) is 36.4 Å². The number of nitrogens with zero attached hydrogens (tertiary/aromatic N) is 3. The van der Waals surface area contributed by atoms with Crippen molar-refractivity contribution in [2.75, 3.05) is 38.5 Å². The number of carbonyl (C=O) groups excluding carboxylic acids is 2. The van der Waals surface area contributed by atoms with Crippen LogP contribution in [-0.2, 0) is 19.3 Å². The number of nitrogen functional groups attached to an aromatic ring is 1. The van der Waals surface area contributed by atoms with E-state index in [0.29, 0.717) is 54.6 Å². The first kappa shape index (κ1) is 32.1. The number of ether oxygens (including phenoxy) is 1. The van der Waals surface area contributed by atoms with Crippen LogP contribution in [0, 0.1) is 0 Å². The fraction of sp³-hybridized carbons (Fsp3) is 0.342. The lowest BCUT2D eigenvalue weighted by molar-refractivity contribution is 0.0644. The molecule has 2 amide bonds. The first-order valence-corrected chi connectivity index (χ1v) is 16.6. The Labute approximate surface area is 276 Å². The standard InChI is InChI=1S/C38H43N5O4/c39-36-35(47-21-16-27-7-13-34(37(40)45)30(22-27)8-6-26-4-3-5-33(44)23-26)24-31(25-41-36)28-9-11-29(12-10-28)38(46)43-19-14-32(15-20-43)42-17-1-2-18-42/h3-5,7,9-13,22-25,32,44H,1-2,6,8,14-21H2,(H2,39,41)(H2,40,45). The number of phenolic OH excluding ortho intramolecular Hbond substituents is 1. The highest BCUT2D eigenvalue weighted by Crippen LogP contribution is 2.29. The van der Waals surface area contributed by atoms with Gasteiger partial charge in [0.25, 0.3) is 5.91 Å². The molecule has 2 fully saturated rings. The summed E-state index contributed by atoms with van der Waals surface area (Å²) in [6, 6.07) is 22.9. The first-order chi connectivity index (χ1) is 22.8. The number of amides is 2. The molecule has 6 rings (SSSR count). The van der Waals surface area contributed by atoms with Crippen molar-refractivity contribution in [3.63, 3.8) is 0 Å². The molecule has 0 saturated carbocycles. The summed E-state index contributed by atoms with van der Waals surface area (Å²) in [5, 5.41) is 9.78. The summed E-state index contributed by atoms with van der Waals surface area (Å²) < 4.78 is 6.08. The van der Waals surface area contributed by atoms with Gasteiger partial charge in [-0.2, -0.15) is 0 Å². The average molecular weight is 634 g/mol. The van der Waals surface area contributed by atoms with Gasteiger partial charge in [0.2, 0.25) is 5.91 Å². The molecule has 0 aliphatic carbocycles. The minimum Gasteiger partial charge on any atom is -0.508 e. The Morgan fingerprint density at radius 2 is 1.60 bits per heavy atom. The number of benzene rings is 3. The van der Waals surface area contributed by atoms with Gasteiger partial charge in [0, 0.05) is 48.4 Å². The van der Waals surface area contributed by atoms with Crippen molar-refractivity contribution >= 4 is 17.6 Å². The zero-order valence-corrected chi connectivity index (χ0v) is 26.7. The lowest BCUT2D eigenvalue weighted by Crippen LogP contribution is -2.45. The number of anilines is 1. The SMILES string of the molecule is NC(=O)c1ccc(CCOc2cc(-c3ccc(C(=O)N4CCC(N5CCCC5)CC4)cc3)cnc2N)cc1CCc1cccc(O)c1. The molecule has 5 N–H and O–H groups in total. The molecule has 9 heteroatoms. The summed E-state index contributed by atoms with van der Waals surface area (Å²) in [6.07, 6.45) is 8.25. The molecule has 0 radical (unpaired) electrons. The van der Waals surface area contributed by atoms with E-state index >= 15 is 0 Å². The van der Waals surface area contributed by atoms with Crippen molar-refractivity contribution < 1.29 is 19.4 Å². The fourth-order valence-corrected chi connectivity index (χ4v) is 6.78. The molecular formula is C38H43N5O4. The number of phenols is 1. The zero-order valence-electron chi connectivity index (χ0n) is 26.7. The number of carbonyl (C=O) groups is 2. The van der Waals surface area contributed by atoms with Gasteiger partial charge in [-0.15, -0.1) is 0 Å². The van der Waals surface area contributed by atoms with Crippen LogP contribution in [0.1, 0.15) is 63.1 Å². The van der Waals surface area contributed by atoms with E-state index in [2.05, 4.69) is 9.88 Å². The molecule has 4 aromatic rings. The normalized spacial score (nSPS) is 15.5. The molecule has 2 aliphatic heterocycles. The van der Waals surface area contributed by atoms with E-state index in [1.165, 1.54) is 25.9 Å². The second kappa shape index (κ2) is 14.7. The fourth-order valence-electron chi connectivity index (χ4n) is 6.78. The molecular weight excluding hydrogens is 590 g/mol. The Bertz CT molecular complexity index is 1710. The highest BCUT2D eigenvalue weighted by Gasteiger charge is 2.28. The molecule has 2 aliphatic rings. The van der Waals surface area contributed by atoms with Crippen molar-refractivity contribution in [2.24, 2.45) is 5.73 Å². The van der Waals surface area contributed by atoms with Gasteiger partial charge in [-0.3, -0.25) is 9.59 Å². The third-order valence-electron chi connectivity index (χ3n) is 9.43. The number of pyridine rings is 1. The van der Waals surface area contributed by atoms with E-state index < -0.39 is 5.91 Å². The van der Waals surface area contributed by atoms with Gasteiger partial charge in [0.15, 0.2) is 11.6 Å². The van der Waals surface area contributed by atoms with Gasteiger partial charge >= 0.3 is 0 Å². The molecule has 0 bridgehead atoms. The smallest absolute Gasteiger partial charge is 0.253 e. The molecule has 3 aromatic carbocycles. The number of primary amides is 1. The van der Waals surface area contributed by atoms with E-state index in [-0.39, 0.29) is 11.7 Å². The summed E-state index contributed by atoms with van der Waals surface area (Å²) in [4.78, 5) is 34.2. The number of aryl methyl sites for hydroxylation is 2. The van der Waals surface area contributed by atoms with Crippen LogP contribution in [0.2, 0.25) is 0 Å². The van der Waals surface area contributed by atoms with Gasteiger partial charge < -0.3 is 31.1 Å². The van der Waals surface area contributed by atoms with E-state index in [1.807, 2.05) is 53.4 Å². The summed E-state index contributed by atoms with van der Waals surface area (Å²) >= 11 is 0. The van der Waals surface area contributed by atoms with Crippen molar-refractivity contribution in [1.82, 2.24) is 14.8 Å². The number of aromatic hydroxyl groups is 1. The molecule has 1 aromatic heterocycles. The number of likely N-dealkylation sites (tertiary alicyclic amines) is 2. The van der Waals surface area contributed by atoms with Crippen LogP contribution in [0.15, 0.2) is 79.0 Å². The summed E-state index contributed by atoms with van der Waals surface area (Å²) in [5.74, 6) is 0.619. The summed E-state index contributed by atoms with van der Waals surface area (Å²) in [5.41, 5.74) is 17.6. The van der Waals surface area contributed by atoms with Gasteiger partial charge in [0.05, 0.1) is 6.61 Å². The van der Waals surface area contributed by atoms with Crippen molar-refractivity contribution in [3.05, 3.63) is 107 Å². The van der Waals surface area contributed by atoms with Crippen LogP contribution in [-0.4, -0.2) is 70.5 Å². The highest BCUT2D eigenvalue weighted by molar-refractivity contribution is 5.95. The minimum absolute atomic E-state index is 0.0854. The van der Waals surface area contributed by atoms with Gasteiger partial charge in [0.1, 0.15) is 5.75 Å². The topological polar surface area (TPSA) is 135 Å². The summed E-state index contributed by atoms with van der Waals surface area (Å²) in [6.45, 7) is 4.37. The van der Waals surface area contributed by atoms with Gasteiger partial charge in [-0.05, 0) is 110 Å². The van der Waals surface area contributed by atoms with Crippen molar-refractivity contribution in [1.29, 1.82) is 0 Å². The van der Waals surface area contributed by atoms with Crippen LogP contribution >= 0.6 is 0 Å². The molecule has 9 nitrogen and oxygen atoms in total. The summed E-state index contributed by atoms with van der Waals surface area (Å²) in [7, 11) is 0. The average Bonchev–Trinajstić information content (AvgIpc) is 3.63. The number of hydrogen-bond donors (Lipinski definition) is 3. The number of piperidine rings is 1. The molecule has 47 heavy (non-hydrogen) atoms. The molecule has 0 unspecified atom stereocenters. The molecule has 0 atom stereocenters. The third-order valence-corrected chi connectivity index (χ3v) is 9.43. The highest BCUT2D eigenvalue weighted by atomic mass is 16.5. The molecule has 244 valence electrons. The quantitative estimate of drug-likeness (QED) is 0.206. The van der Waals surface area contributed by atoms with E-state index in [4.69, 9.17) is 16.2 Å². The van der Waals surface area contributed by atoms with E-state index in [9.17, 15) is 14.7 Å². The minimum atomic E-state index is -0.468. The Morgan fingerprint density at radius 1 is 0.851 bits per heavy atom. The van der Waals surface area contributed by atoms with Crippen molar-refractivity contribution in [2.45, 2.75) is 51.0 Å². The Morgan fingerprint density at radius 3 is 2.32 bits per heavy atom. The number of rotatable bonds is 11. The second-order valence-corrected chi connectivity index (χ2v) is 12.6. The Kier molecular flexibility index (Phi) is 10.0.